The summed E-state index contributed by atoms with van der Waals surface area (Å²) in [5, 5.41) is 0.851. The SMILES string of the molecule is COc1ccc2nc(NS(=O)(=O)c3cc(C)c(Cl)cc3C)sc2c1. The van der Waals surface area contributed by atoms with Crippen LogP contribution in [0.15, 0.2) is 35.2 Å². The first-order valence-corrected chi connectivity index (χ1v) is 9.72. The Bertz CT molecular complexity index is 1030. The van der Waals surface area contributed by atoms with E-state index in [2.05, 4.69) is 9.71 Å². The molecule has 0 aliphatic heterocycles. The molecule has 0 bridgehead atoms. The molecule has 3 rings (SSSR count). The highest BCUT2D eigenvalue weighted by atomic mass is 35.5. The minimum Gasteiger partial charge on any atom is -0.497 e. The van der Waals surface area contributed by atoms with E-state index in [1.807, 2.05) is 6.07 Å². The first-order chi connectivity index (χ1) is 11.3. The molecule has 0 aliphatic rings. The van der Waals surface area contributed by atoms with Gasteiger partial charge in [-0.25, -0.2) is 13.4 Å². The summed E-state index contributed by atoms with van der Waals surface area (Å²) in [7, 11) is -2.16. The van der Waals surface area contributed by atoms with Crippen molar-refractivity contribution in [3.05, 3.63) is 46.5 Å². The number of methoxy groups -OCH3 is 1. The third-order valence-corrected chi connectivity index (χ3v) is 6.51. The van der Waals surface area contributed by atoms with Gasteiger partial charge in [-0.1, -0.05) is 22.9 Å². The van der Waals surface area contributed by atoms with Crippen LogP contribution in [0.25, 0.3) is 10.2 Å². The Kier molecular flexibility index (Phi) is 4.42. The van der Waals surface area contributed by atoms with Crippen molar-refractivity contribution in [2.75, 3.05) is 11.8 Å². The highest BCUT2D eigenvalue weighted by Crippen LogP contribution is 2.31. The molecule has 0 amide bonds. The number of aryl methyl sites for hydroxylation is 2. The molecular weight excluding hydrogens is 368 g/mol. The van der Waals surface area contributed by atoms with Gasteiger partial charge in [0.25, 0.3) is 10.0 Å². The Balaban J connectivity index is 1.99. The topological polar surface area (TPSA) is 68.3 Å². The smallest absolute Gasteiger partial charge is 0.263 e. The molecule has 126 valence electrons. The minimum atomic E-state index is -3.74. The van der Waals surface area contributed by atoms with Crippen LogP contribution in [0.2, 0.25) is 5.02 Å². The standard InChI is InChI=1S/C16H15ClN2O3S2/c1-9-7-15(10(2)6-12(9)17)24(20,21)19-16-18-13-5-4-11(22-3)8-14(13)23-16/h4-8H,1-3H3,(H,18,19). The summed E-state index contributed by atoms with van der Waals surface area (Å²) in [5.74, 6) is 0.699. The van der Waals surface area contributed by atoms with Gasteiger partial charge in [-0.15, -0.1) is 0 Å². The summed E-state index contributed by atoms with van der Waals surface area (Å²) in [6.07, 6.45) is 0. The molecule has 0 fully saturated rings. The number of nitrogens with zero attached hydrogens (tertiary/aromatic N) is 1. The quantitative estimate of drug-likeness (QED) is 0.727. The van der Waals surface area contributed by atoms with Crippen molar-refractivity contribution in [2.45, 2.75) is 18.7 Å². The summed E-state index contributed by atoms with van der Waals surface area (Å²) in [4.78, 5) is 4.51. The number of hydrogen-bond donors (Lipinski definition) is 1. The van der Waals surface area contributed by atoms with Gasteiger partial charge in [0, 0.05) is 5.02 Å². The van der Waals surface area contributed by atoms with Crippen LogP contribution in [0.5, 0.6) is 5.75 Å². The van der Waals surface area contributed by atoms with Crippen molar-refractivity contribution in [3.8, 4) is 5.75 Å². The Hall–Kier alpha value is -1.83. The van der Waals surface area contributed by atoms with E-state index in [4.69, 9.17) is 16.3 Å². The number of rotatable bonds is 4. The summed E-state index contributed by atoms with van der Waals surface area (Å²) >= 11 is 7.29. The van der Waals surface area contributed by atoms with E-state index >= 15 is 0 Å². The van der Waals surface area contributed by atoms with Crippen molar-refractivity contribution in [1.82, 2.24) is 4.98 Å². The number of halogens is 1. The zero-order valence-corrected chi connectivity index (χ0v) is 15.6. The summed E-state index contributed by atoms with van der Waals surface area (Å²) in [6.45, 7) is 3.48. The zero-order chi connectivity index (χ0) is 17.5. The van der Waals surface area contributed by atoms with Crippen molar-refractivity contribution >= 4 is 48.3 Å². The fraction of sp³-hybridized carbons (Fsp3) is 0.188. The molecule has 0 spiro atoms. The van der Waals surface area contributed by atoms with Crippen LogP contribution in [-0.2, 0) is 10.0 Å². The molecular formula is C16H15ClN2O3S2. The zero-order valence-electron chi connectivity index (χ0n) is 13.3. The van der Waals surface area contributed by atoms with E-state index in [1.54, 1.807) is 45.2 Å². The van der Waals surface area contributed by atoms with Crippen molar-refractivity contribution in [2.24, 2.45) is 0 Å². The average molecular weight is 383 g/mol. The van der Waals surface area contributed by atoms with Gasteiger partial charge in [-0.2, -0.15) is 0 Å². The molecule has 0 saturated heterocycles. The lowest BCUT2D eigenvalue weighted by Gasteiger charge is -2.10. The number of hydrogen-bond acceptors (Lipinski definition) is 5. The van der Waals surface area contributed by atoms with Gasteiger partial charge in [-0.3, -0.25) is 4.72 Å². The molecule has 0 atom stereocenters. The number of anilines is 1. The van der Waals surface area contributed by atoms with Gasteiger partial charge in [0.1, 0.15) is 5.75 Å². The van der Waals surface area contributed by atoms with E-state index < -0.39 is 10.0 Å². The van der Waals surface area contributed by atoms with Crippen LogP contribution in [0.4, 0.5) is 5.13 Å². The molecule has 0 radical (unpaired) electrons. The second-order valence-electron chi connectivity index (χ2n) is 5.33. The lowest BCUT2D eigenvalue weighted by Crippen LogP contribution is -2.14. The van der Waals surface area contributed by atoms with E-state index in [1.165, 1.54) is 11.3 Å². The molecule has 1 N–H and O–H groups in total. The molecule has 0 aliphatic carbocycles. The van der Waals surface area contributed by atoms with Crippen molar-refractivity contribution < 1.29 is 13.2 Å². The van der Waals surface area contributed by atoms with Crippen molar-refractivity contribution in [1.29, 1.82) is 0 Å². The van der Waals surface area contributed by atoms with Gasteiger partial charge in [0.05, 0.1) is 22.2 Å². The van der Waals surface area contributed by atoms with Gasteiger partial charge >= 0.3 is 0 Å². The van der Waals surface area contributed by atoms with Crippen molar-refractivity contribution in [3.63, 3.8) is 0 Å². The Labute approximate surface area is 149 Å². The van der Waals surface area contributed by atoms with Gasteiger partial charge in [-0.05, 0) is 55.3 Å². The van der Waals surface area contributed by atoms with Crippen LogP contribution >= 0.6 is 22.9 Å². The number of ether oxygens (including phenoxy) is 1. The molecule has 1 aromatic heterocycles. The maximum Gasteiger partial charge on any atom is 0.263 e. The number of thiazole rings is 1. The second-order valence-corrected chi connectivity index (χ2v) is 8.41. The molecule has 0 unspecified atom stereocenters. The normalized spacial score (nSPS) is 11.7. The number of sulfonamides is 1. The fourth-order valence-electron chi connectivity index (χ4n) is 2.29. The highest BCUT2D eigenvalue weighted by molar-refractivity contribution is 7.93. The largest absolute Gasteiger partial charge is 0.497 e. The first kappa shape index (κ1) is 17.0. The summed E-state index contributed by atoms with van der Waals surface area (Å²) in [6, 6.07) is 8.61. The van der Waals surface area contributed by atoms with E-state index in [0.29, 0.717) is 32.5 Å². The van der Waals surface area contributed by atoms with E-state index in [-0.39, 0.29) is 4.90 Å². The third kappa shape index (κ3) is 3.19. The number of benzene rings is 2. The summed E-state index contributed by atoms with van der Waals surface area (Å²) in [5.41, 5.74) is 2.00. The minimum absolute atomic E-state index is 0.196. The molecule has 0 saturated carbocycles. The average Bonchev–Trinajstić information content (AvgIpc) is 2.90. The Morgan fingerprint density at radius 3 is 2.62 bits per heavy atom. The van der Waals surface area contributed by atoms with E-state index in [9.17, 15) is 8.42 Å². The molecule has 3 aromatic rings. The van der Waals surface area contributed by atoms with Crippen LogP contribution in [0, 0.1) is 13.8 Å². The Morgan fingerprint density at radius 2 is 1.92 bits per heavy atom. The monoisotopic (exact) mass is 382 g/mol. The Morgan fingerprint density at radius 1 is 1.17 bits per heavy atom. The van der Waals surface area contributed by atoms with Gasteiger partial charge in [0.2, 0.25) is 0 Å². The highest BCUT2D eigenvalue weighted by Gasteiger charge is 2.20. The fourth-order valence-corrected chi connectivity index (χ4v) is 4.95. The number of nitrogens with one attached hydrogen (secondary N) is 1. The molecule has 1 heterocycles. The lowest BCUT2D eigenvalue weighted by molar-refractivity contribution is 0.415. The maximum atomic E-state index is 12.7. The number of aromatic nitrogens is 1. The third-order valence-electron chi connectivity index (χ3n) is 3.56. The maximum absolute atomic E-state index is 12.7. The predicted molar refractivity (Wildman–Crippen MR) is 97.9 cm³/mol. The molecule has 8 heteroatoms. The van der Waals surface area contributed by atoms with E-state index in [0.717, 1.165) is 4.70 Å². The van der Waals surface area contributed by atoms with Crippen LogP contribution < -0.4 is 9.46 Å². The second kappa shape index (κ2) is 6.23. The van der Waals surface area contributed by atoms with Crippen LogP contribution in [-0.4, -0.2) is 20.5 Å². The van der Waals surface area contributed by atoms with Crippen LogP contribution in [0.1, 0.15) is 11.1 Å². The predicted octanol–water partition coefficient (Wildman–Crippen LogP) is 4.38. The molecule has 24 heavy (non-hydrogen) atoms. The summed E-state index contributed by atoms with van der Waals surface area (Å²) < 4.78 is 33.9. The number of fused-ring (bicyclic) bond motifs is 1. The molecule has 2 aromatic carbocycles. The van der Waals surface area contributed by atoms with Crippen LogP contribution in [0.3, 0.4) is 0 Å². The lowest BCUT2D eigenvalue weighted by atomic mass is 10.2. The molecule has 5 nitrogen and oxygen atoms in total. The first-order valence-electron chi connectivity index (χ1n) is 7.04. The van der Waals surface area contributed by atoms with Gasteiger partial charge < -0.3 is 4.74 Å². The van der Waals surface area contributed by atoms with Gasteiger partial charge in [0.15, 0.2) is 5.13 Å².